The largest absolute Gasteiger partial charge is 0.549 e. The number of aliphatic carboxylic acids is 2. The van der Waals surface area contributed by atoms with Crippen LogP contribution in [0.1, 0.15) is 12.8 Å². The van der Waals surface area contributed by atoms with Gasteiger partial charge < -0.3 is 19.8 Å². The highest BCUT2D eigenvalue weighted by atomic mass is 16.4. The Labute approximate surface area is 51.1 Å². The number of hydrogen-bond donors (Lipinski definition) is 0. The molecule has 1 saturated carbocycles. The standard InChI is InChI=1S/C5H6O4/c6-3(7)5(1-2-5)4(8)9/h1-2H2,(H,6,7)(H,8,9)/p-2. The van der Waals surface area contributed by atoms with Crippen molar-refractivity contribution in [2.24, 2.45) is 5.41 Å². The maximum absolute atomic E-state index is 9.99. The second kappa shape index (κ2) is 1.46. The maximum Gasteiger partial charge on any atom is 0.0532 e. The van der Waals surface area contributed by atoms with E-state index in [1.54, 1.807) is 0 Å². The van der Waals surface area contributed by atoms with Gasteiger partial charge in [-0.05, 0) is 12.8 Å². The van der Waals surface area contributed by atoms with Crippen LogP contribution in [0.25, 0.3) is 0 Å². The quantitative estimate of drug-likeness (QED) is 0.378. The summed E-state index contributed by atoms with van der Waals surface area (Å²) in [5, 5.41) is 20.0. The lowest BCUT2D eigenvalue weighted by Crippen LogP contribution is -2.45. The Balaban J connectivity index is 2.75. The zero-order valence-electron chi connectivity index (χ0n) is 4.55. The van der Waals surface area contributed by atoms with Gasteiger partial charge in [-0.25, -0.2) is 0 Å². The van der Waals surface area contributed by atoms with E-state index in [1.807, 2.05) is 0 Å². The third kappa shape index (κ3) is 0.667. The summed E-state index contributed by atoms with van der Waals surface area (Å²) in [4.78, 5) is 20.0. The fourth-order valence-electron chi connectivity index (χ4n) is 0.617. The first-order valence-electron chi connectivity index (χ1n) is 2.52. The smallest absolute Gasteiger partial charge is 0.0532 e. The zero-order valence-corrected chi connectivity index (χ0v) is 4.55. The molecule has 0 N–H and O–H groups in total. The Morgan fingerprint density at radius 1 is 1.11 bits per heavy atom. The van der Waals surface area contributed by atoms with Crippen molar-refractivity contribution in [3.63, 3.8) is 0 Å². The summed E-state index contributed by atoms with van der Waals surface area (Å²) in [6, 6.07) is 0. The van der Waals surface area contributed by atoms with Crippen LogP contribution in [-0.4, -0.2) is 11.9 Å². The van der Waals surface area contributed by atoms with Gasteiger partial charge in [0.05, 0.1) is 11.9 Å². The molecule has 0 aromatic carbocycles. The summed E-state index contributed by atoms with van der Waals surface area (Å²) in [7, 11) is 0. The molecule has 1 aliphatic carbocycles. The van der Waals surface area contributed by atoms with Gasteiger partial charge in [0.15, 0.2) is 0 Å². The van der Waals surface area contributed by atoms with Gasteiger partial charge in [0, 0.05) is 5.41 Å². The van der Waals surface area contributed by atoms with E-state index in [0.29, 0.717) is 0 Å². The van der Waals surface area contributed by atoms with Crippen molar-refractivity contribution in [2.45, 2.75) is 12.8 Å². The molecule has 4 nitrogen and oxygen atoms in total. The molecule has 0 atom stereocenters. The van der Waals surface area contributed by atoms with Crippen LogP contribution in [0.2, 0.25) is 0 Å². The molecule has 1 aliphatic rings. The lowest BCUT2D eigenvalue weighted by atomic mass is 10.1. The molecule has 0 bridgehead atoms. The molecule has 0 aliphatic heterocycles. The zero-order chi connectivity index (χ0) is 7.07. The highest BCUT2D eigenvalue weighted by Crippen LogP contribution is 2.44. The summed E-state index contributed by atoms with van der Waals surface area (Å²) in [6.45, 7) is 0. The Morgan fingerprint density at radius 2 is 1.44 bits per heavy atom. The van der Waals surface area contributed by atoms with Gasteiger partial charge in [0.2, 0.25) is 0 Å². The first-order chi connectivity index (χ1) is 4.09. The molecule has 0 unspecified atom stereocenters. The van der Waals surface area contributed by atoms with Crippen molar-refractivity contribution in [1.29, 1.82) is 0 Å². The molecule has 0 aromatic heterocycles. The van der Waals surface area contributed by atoms with Gasteiger partial charge in [-0.1, -0.05) is 0 Å². The summed E-state index contributed by atoms with van der Waals surface area (Å²) in [6.07, 6.45) is 0.301. The van der Waals surface area contributed by atoms with E-state index in [1.165, 1.54) is 0 Å². The summed E-state index contributed by atoms with van der Waals surface area (Å²) < 4.78 is 0. The average Bonchev–Trinajstić information content (AvgIpc) is 2.40. The molecule has 50 valence electrons. The molecular formula is C5H4O4-2. The van der Waals surface area contributed by atoms with E-state index in [2.05, 4.69) is 0 Å². The number of rotatable bonds is 2. The number of carboxylic acid groups (broad SMARTS) is 2. The molecule has 0 radical (unpaired) electrons. The monoisotopic (exact) mass is 128 g/mol. The van der Waals surface area contributed by atoms with Gasteiger partial charge in [-0.15, -0.1) is 0 Å². The molecule has 0 heterocycles. The topological polar surface area (TPSA) is 80.3 Å². The molecule has 1 rings (SSSR count). The van der Waals surface area contributed by atoms with E-state index in [0.717, 1.165) is 0 Å². The molecule has 4 heteroatoms. The third-order valence-corrected chi connectivity index (χ3v) is 1.53. The highest BCUT2D eigenvalue weighted by molar-refractivity contribution is 5.99. The van der Waals surface area contributed by atoms with Gasteiger partial charge in [-0.3, -0.25) is 0 Å². The van der Waals surface area contributed by atoms with Gasteiger partial charge >= 0.3 is 0 Å². The van der Waals surface area contributed by atoms with Gasteiger partial charge in [0.1, 0.15) is 0 Å². The second-order valence-corrected chi connectivity index (χ2v) is 2.16. The first-order valence-corrected chi connectivity index (χ1v) is 2.52. The number of hydrogen-bond acceptors (Lipinski definition) is 4. The van der Waals surface area contributed by atoms with Crippen LogP contribution < -0.4 is 10.2 Å². The molecule has 1 fully saturated rings. The minimum atomic E-state index is -1.64. The lowest BCUT2D eigenvalue weighted by molar-refractivity contribution is -0.334. The van der Waals surface area contributed by atoms with E-state index in [-0.39, 0.29) is 12.8 Å². The molecule has 0 amide bonds. The van der Waals surface area contributed by atoms with Crippen LogP contribution in [0.5, 0.6) is 0 Å². The summed E-state index contributed by atoms with van der Waals surface area (Å²) in [5.74, 6) is -3.05. The summed E-state index contributed by atoms with van der Waals surface area (Å²) in [5.41, 5.74) is -1.64. The highest BCUT2D eigenvalue weighted by Gasteiger charge is 2.45. The van der Waals surface area contributed by atoms with Crippen molar-refractivity contribution in [3.8, 4) is 0 Å². The van der Waals surface area contributed by atoms with Crippen LogP contribution in [0.15, 0.2) is 0 Å². The van der Waals surface area contributed by atoms with Crippen molar-refractivity contribution < 1.29 is 19.8 Å². The minimum Gasteiger partial charge on any atom is -0.549 e. The second-order valence-electron chi connectivity index (χ2n) is 2.16. The third-order valence-electron chi connectivity index (χ3n) is 1.53. The van der Waals surface area contributed by atoms with Crippen molar-refractivity contribution in [1.82, 2.24) is 0 Å². The predicted molar refractivity (Wildman–Crippen MR) is 21.7 cm³/mol. The number of carbonyl (C=O) groups excluding carboxylic acids is 2. The SMILES string of the molecule is O=C([O-])C1(C(=O)[O-])CC1. The van der Waals surface area contributed by atoms with E-state index in [4.69, 9.17) is 0 Å². The first kappa shape index (κ1) is 6.07. The predicted octanol–water partition coefficient (Wildman–Crippen LogP) is -2.73. The Bertz CT molecular complexity index is 152. The lowest BCUT2D eigenvalue weighted by Gasteiger charge is -2.16. The fraction of sp³-hybridized carbons (Fsp3) is 0.600. The summed E-state index contributed by atoms with van der Waals surface area (Å²) >= 11 is 0. The number of carbonyl (C=O) groups is 2. The van der Waals surface area contributed by atoms with Crippen LogP contribution in [-0.2, 0) is 9.59 Å². The Kier molecular flexibility index (Phi) is 0.986. The Hall–Kier alpha value is -1.06. The maximum atomic E-state index is 9.99. The van der Waals surface area contributed by atoms with Crippen LogP contribution in [0.4, 0.5) is 0 Å². The minimum absolute atomic E-state index is 0.150. The molecule has 0 aromatic rings. The van der Waals surface area contributed by atoms with Crippen molar-refractivity contribution >= 4 is 11.9 Å². The fourth-order valence-corrected chi connectivity index (χ4v) is 0.617. The van der Waals surface area contributed by atoms with E-state index in [9.17, 15) is 19.8 Å². The molecule has 0 spiro atoms. The van der Waals surface area contributed by atoms with Gasteiger partial charge in [0.25, 0.3) is 0 Å². The molecule has 0 saturated heterocycles. The van der Waals surface area contributed by atoms with Crippen LogP contribution >= 0.6 is 0 Å². The van der Waals surface area contributed by atoms with E-state index < -0.39 is 17.4 Å². The Morgan fingerprint density at radius 3 is 1.44 bits per heavy atom. The molecular weight excluding hydrogens is 124 g/mol. The van der Waals surface area contributed by atoms with Crippen molar-refractivity contribution in [3.05, 3.63) is 0 Å². The molecule has 9 heavy (non-hydrogen) atoms. The van der Waals surface area contributed by atoms with E-state index >= 15 is 0 Å². The van der Waals surface area contributed by atoms with Gasteiger partial charge in [-0.2, -0.15) is 0 Å². The number of carboxylic acids is 2. The average molecular weight is 128 g/mol. The normalized spacial score (nSPS) is 20.9. The van der Waals surface area contributed by atoms with Crippen LogP contribution in [0, 0.1) is 5.41 Å². The van der Waals surface area contributed by atoms with Crippen LogP contribution in [0.3, 0.4) is 0 Å². The van der Waals surface area contributed by atoms with Crippen molar-refractivity contribution in [2.75, 3.05) is 0 Å².